The SMILES string of the molecule is O=C(O)[C@@H]1CN(C(=O)C2CCC=CCC2)C[C@H]1c1ccc(Cl)cc1. The summed E-state index contributed by atoms with van der Waals surface area (Å²) in [6.45, 7) is 0.771. The Bertz CT molecular complexity index is 631. The highest BCUT2D eigenvalue weighted by atomic mass is 35.5. The second-order valence-electron chi connectivity index (χ2n) is 6.67. The summed E-state index contributed by atoms with van der Waals surface area (Å²) in [5, 5.41) is 10.2. The summed E-state index contributed by atoms with van der Waals surface area (Å²) in [7, 11) is 0. The smallest absolute Gasteiger partial charge is 0.308 e. The van der Waals surface area contributed by atoms with E-state index in [9.17, 15) is 14.7 Å². The Morgan fingerprint density at radius 1 is 1.04 bits per heavy atom. The standard InChI is InChI=1S/C19H22ClNO3/c20-15-9-7-13(8-10-15)16-11-21(12-17(16)19(23)24)18(22)14-5-3-1-2-4-6-14/h1-2,7-10,14,16-17H,3-6,11-12H2,(H,23,24)/t16-,17+/m0/s1. The van der Waals surface area contributed by atoms with Gasteiger partial charge in [-0.2, -0.15) is 0 Å². The fourth-order valence-electron chi connectivity index (χ4n) is 3.76. The van der Waals surface area contributed by atoms with Gasteiger partial charge in [0, 0.05) is 29.9 Å². The van der Waals surface area contributed by atoms with Gasteiger partial charge >= 0.3 is 5.97 Å². The van der Waals surface area contributed by atoms with Gasteiger partial charge in [-0.3, -0.25) is 9.59 Å². The maximum absolute atomic E-state index is 12.8. The molecule has 0 bridgehead atoms. The topological polar surface area (TPSA) is 57.6 Å². The first-order chi connectivity index (χ1) is 11.6. The van der Waals surface area contributed by atoms with Crippen molar-refractivity contribution in [1.82, 2.24) is 4.90 Å². The molecule has 1 aliphatic carbocycles. The monoisotopic (exact) mass is 347 g/mol. The van der Waals surface area contributed by atoms with Crippen LogP contribution in [0.4, 0.5) is 0 Å². The minimum Gasteiger partial charge on any atom is -0.481 e. The number of hydrogen-bond acceptors (Lipinski definition) is 2. The molecule has 1 amide bonds. The van der Waals surface area contributed by atoms with Crippen LogP contribution in [0, 0.1) is 11.8 Å². The van der Waals surface area contributed by atoms with E-state index < -0.39 is 11.9 Å². The summed E-state index contributed by atoms with van der Waals surface area (Å²) in [4.78, 5) is 26.3. The molecule has 0 unspecified atom stereocenters. The molecular weight excluding hydrogens is 326 g/mol. The van der Waals surface area contributed by atoms with E-state index in [0.29, 0.717) is 18.1 Å². The quantitative estimate of drug-likeness (QED) is 0.848. The molecule has 24 heavy (non-hydrogen) atoms. The van der Waals surface area contributed by atoms with Crippen molar-refractivity contribution in [3.05, 3.63) is 47.0 Å². The van der Waals surface area contributed by atoms with Gasteiger partial charge in [0.25, 0.3) is 0 Å². The Labute approximate surface area is 147 Å². The third-order valence-electron chi connectivity index (χ3n) is 5.13. The maximum atomic E-state index is 12.8. The van der Waals surface area contributed by atoms with Crippen LogP contribution in [0.1, 0.15) is 37.2 Å². The molecule has 2 aliphatic rings. The average Bonchev–Trinajstić information content (AvgIpc) is 2.84. The fraction of sp³-hybridized carbons (Fsp3) is 0.474. The van der Waals surface area contributed by atoms with Gasteiger partial charge in [-0.05, 0) is 43.4 Å². The van der Waals surface area contributed by atoms with Crippen LogP contribution in [-0.2, 0) is 9.59 Å². The van der Waals surface area contributed by atoms with E-state index in [1.165, 1.54) is 0 Å². The third-order valence-corrected chi connectivity index (χ3v) is 5.38. The highest BCUT2D eigenvalue weighted by molar-refractivity contribution is 6.30. The second-order valence-corrected chi connectivity index (χ2v) is 7.11. The normalized spacial score (nSPS) is 24.8. The van der Waals surface area contributed by atoms with Crippen molar-refractivity contribution in [3.8, 4) is 0 Å². The number of aliphatic carboxylic acids is 1. The molecule has 5 heteroatoms. The van der Waals surface area contributed by atoms with Crippen LogP contribution in [0.2, 0.25) is 5.02 Å². The van der Waals surface area contributed by atoms with Crippen molar-refractivity contribution in [1.29, 1.82) is 0 Å². The number of nitrogens with zero attached hydrogens (tertiary/aromatic N) is 1. The number of rotatable bonds is 3. The number of hydrogen-bond donors (Lipinski definition) is 1. The van der Waals surface area contributed by atoms with Crippen molar-refractivity contribution in [3.63, 3.8) is 0 Å². The third kappa shape index (κ3) is 3.64. The summed E-state index contributed by atoms with van der Waals surface area (Å²) >= 11 is 5.93. The molecule has 0 aromatic heterocycles. The first-order valence-electron chi connectivity index (χ1n) is 8.48. The molecule has 0 radical (unpaired) electrons. The minimum atomic E-state index is -0.840. The summed E-state index contributed by atoms with van der Waals surface area (Å²) in [5.41, 5.74) is 0.935. The molecular formula is C19H22ClNO3. The van der Waals surface area contributed by atoms with Crippen LogP contribution in [0.5, 0.6) is 0 Å². The number of halogens is 1. The van der Waals surface area contributed by atoms with Crippen LogP contribution in [0.3, 0.4) is 0 Å². The Hall–Kier alpha value is -1.81. The Kier molecular flexibility index (Phi) is 5.24. The molecule has 1 aromatic rings. The molecule has 0 spiro atoms. The van der Waals surface area contributed by atoms with E-state index in [1.807, 2.05) is 12.1 Å². The Morgan fingerprint density at radius 3 is 2.25 bits per heavy atom. The lowest BCUT2D eigenvalue weighted by Gasteiger charge is -2.22. The highest BCUT2D eigenvalue weighted by Crippen LogP contribution is 2.35. The fourth-order valence-corrected chi connectivity index (χ4v) is 3.89. The zero-order valence-corrected chi connectivity index (χ0v) is 14.3. The van der Waals surface area contributed by atoms with Crippen LogP contribution < -0.4 is 0 Å². The molecule has 3 rings (SSSR count). The molecule has 128 valence electrons. The zero-order valence-electron chi connectivity index (χ0n) is 13.5. The Morgan fingerprint density at radius 2 is 1.67 bits per heavy atom. The first-order valence-corrected chi connectivity index (χ1v) is 8.86. The van der Waals surface area contributed by atoms with Crippen molar-refractivity contribution in [2.24, 2.45) is 11.8 Å². The summed E-state index contributed by atoms with van der Waals surface area (Å²) in [6.07, 6.45) is 7.83. The number of carbonyl (C=O) groups excluding carboxylic acids is 1. The molecule has 1 heterocycles. The maximum Gasteiger partial charge on any atom is 0.308 e. The molecule has 1 fully saturated rings. The molecule has 1 aromatic carbocycles. The molecule has 1 N–H and O–H groups in total. The van der Waals surface area contributed by atoms with Crippen molar-refractivity contribution in [2.75, 3.05) is 13.1 Å². The van der Waals surface area contributed by atoms with E-state index in [4.69, 9.17) is 11.6 Å². The summed E-state index contributed by atoms with van der Waals surface area (Å²) in [6, 6.07) is 7.29. The van der Waals surface area contributed by atoms with Crippen LogP contribution in [-0.4, -0.2) is 35.0 Å². The average molecular weight is 348 g/mol. The van der Waals surface area contributed by atoms with Gasteiger partial charge < -0.3 is 10.0 Å². The van der Waals surface area contributed by atoms with Crippen LogP contribution >= 0.6 is 11.6 Å². The van der Waals surface area contributed by atoms with E-state index in [0.717, 1.165) is 31.2 Å². The second kappa shape index (κ2) is 7.39. The van der Waals surface area contributed by atoms with Crippen molar-refractivity contribution in [2.45, 2.75) is 31.6 Å². The number of benzene rings is 1. The van der Waals surface area contributed by atoms with Gasteiger partial charge in [-0.15, -0.1) is 0 Å². The number of carboxylic acid groups (broad SMARTS) is 1. The van der Waals surface area contributed by atoms with E-state index in [-0.39, 0.29) is 17.7 Å². The minimum absolute atomic E-state index is 0.0124. The van der Waals surface area contributed by atoms with Crippen LogP contribution in [0.15, 0.2) is 36.4 Å². The van der Waals surface area contributed by atoms with Gasteiger partial charge in [0.1, 0.15) is 0 Å². The molecule has 4 nitrogen and oxygen atoms in total. The van der Waals surface area contributed by atoms with Crippen LogP contribution in [0.25, 0.3) is 0 Å². The Balaban J connectivity index is 1.75. The van der Waals surface area contributed by atoms with E-state index in [1.54, 1.807) is 17.0 Å². The van der Waals surface area contributed by atoms with Gasteiger partial charge in [0.15, 0.2) is 0 Å². The van der Waals surface area contributed by atoms with Gasteiger partial charge in [0.2, 0.25) is 5.91 Å². The predicted molar refractivity (Wildman–Crippen MR) is 93.0 cm³/mol. The number of carboxylic acids is 1. The zero-order chi connectivity index (χ0) is 17.1. The lowest BCUT2D eigenvalue weighted by atomic mass is 9.89. The first kappa shape index (κ1) is 17.0. The van der Waals surface area contributed by atoms with E-state index >= 15 is 0 Å². The molecule has 1 saturated heterocycles. The summed E-state index contributed by atoms with van der Waals surface area (Å²) < 4.78 is 0. The number of allylic oxidation sites excluding steroid dienone is 2. The molecule has 0 saturated carbocycles. The number of amides is 1. The van der Waals surface area contributed by atoms with Gasteiger partial charge in [-0.25, -0.2) is 0 Å². The highest BCUT2D eigenvalue weighted by Gasteiger charge is 2.41. The lowest BCUT2D eigenvalue weighted by Crippen LogP contribution is -2.35. The lowest BCUT2D eigenvalue weighted by molar-refractivity contribution is -0.142. The van der Waals surface area contributed by atoms with Crippen molar-refractivity contribution >= 4 is 23.5 Å². The largest absolute Gasteiger partial charge is 0.481 e. The predicted octanol–water partition coefficient (Wildman–Crippen LogP) is 3.71. The number of likely N-dealkylation sites (tertiary alicyclic amines) is 1. The van der Waals surface area contributed by atoms with Gasteiger partial charge in [-0.1, -0.05) is 35.9 Å². The number of carbonyl (C=O) groups is 2. The van der Waals surface area contributed by atoms with E-state index in [2.05, 4.69) is 12.2 Å². The van der Waals surface area contributed by atoms with Gasteiger partial charge in [0.05, 0.1) is 5.92 Å². The molecule has 2 atom stereocenters. The van der Waals surface area contributed by atoms with Crippen molar-refractivity contribution < 1.29 is 14.7 Å². The molecule has 1 aliphatic heterocycles. The summed E-state index contributed by atoms with van der Waals surface area (Å²) in [5.74, 6) is -1.45.